The van der Waals surface area contributed by atoms with Gasteiger partial charge in [-0.25, -0.2) is 4.79 Å². The first-order valence-electron chi connectivity index (χ1n) is 5.76. The van der Waals surface area contributed by atoms with Crippen molar-refractivity contribution in [2.75, 3.05) is 6.54 Å². The summed E-state index contributed by atoms with van der Waals surface area (Å²) in [4.78, 5) is 13.1. The molecule has 1 saturated heterocycles. The number of carbonyl (C=O) groups excluding carboxylic acids is 1. The normalized spacial score (nSPS) is 34.6. The standard InChI is InChI=1S/C11H19NO3/c1-3-12-9(13)15-11(10(12,2)14)7-5-4-6-8-11/h14H,3-8H2,1-2H3/t10-/m1/s1. The van der Waals surface area contributed by atoms with Gasteiger partial charge in [0.1, 0.15) is 0 Å². The summed E-state index contributed by atoms with van der Waals surface area (Å²) < 4.78 is 5.45. The molecular weight excluding hydrogens is 194 g/mol. The number of hydrogen-bond acceptors (Lipinski definition) is 3. The molecule has 0 aromatic heterocycles. The van der Waals surface area contributed by atoms with Crippen molar-refractivity contribution < 1.29 is 14.6 Å². The largest absolute Gasteiger partial charge is 0.438 e. The maximum absolute atomic E-state index is 11.6. The number of rotatable bonds is 1. The van der Waals surface area contributed by atoms with Gasteiger partial charge in [0.25, 0.3) is 0 Å². The van der Waals surface area contributed by atoms with Gasteiger partial charge in [-0.1, -0.05) is 6.42 Å². The molecule has 1 heterocycles. The fourth-order valence-corrected chi connectivity index (χ4v) is 2.88. The third kappa shape index (κ3) is 1.34. The lowest BCUT2D eigenvalue weighted by Crippen LogP contribution is -2.57. The Morgan fingerprint density at radius 2 is 2.00 bits per heavy atom. The monoisotopic (exact) mass is 213 g/mol. The van der Waals surface area contributed by atoms with Crippen molar-refractivity contribution in [3.63, 3.8) is 0 Å². The van der Waals surface area contributed by atoms with Crippen LogP contribution in [0.5, 0.6) is 0 Å². The Labute approximate surface area is 90.2 Å². The lowest BCUT2D eigenvalue weighted by Gasteiger charge is -2.41. The van der Waals surface area contributed by atoms with Crippen LogP contribution < -0.4 is 0 Å². The third-order valence-electron chi connectivity index (χ3n) is 3.87. The first kappa shape index (κ1) is 10.7. The second-order valence-electron chi connectivity index (χ2n) is 4.69. The molecule has 0 bridgehead atoms. The van der Waals surface area contributed by atoms with Crippen LogP contribution in [0.1, 0.15) is 46.0 Å². The Morgan fingerprint density at radius 3 is 2.47 bits per heavy atom. The van der Waals surface area contributed by atoms with Crippen LogP contribution in [0.3, 0.4) is 0 Å². The molecule has 1 aliphatic carbocycles. The Bertz CT molecular complexity index is 269. The van der Waals surface area contributed by atoms with Crippen molar-refractivity contribution in [1.29, 1.82) is 0 Å². The molecule has 0 unspecified atom stereocenters. The van der Waals surface area contributed by atoms with E-state index in [-0.39, 0.29) is 6.09 Å². The zero-order valence-electron chi connectivity index (χ0n) is 9.45. The van der Waals surface area contributed by atoms with Gasteiger partial charge in [0.05, 0.1) is 0 Å². The Balaban J connectivity index is 2.30. The fraction of sp³-hybridized carbons (Fsp3) is 0.909. The van der Waals surface area contributed by atoms with E-state index in [4.69, 9.17) is 4.74 Å². The van der Waals surface area contributed by atoms with Crippen LogP contribution in [0.25, 0.3) is 0 Å². The minimum Gasteiger partial charge on any atom is -0.438 e. The summed E-state index contributed by atoms with van der Waals surface area (Å²) in [7, 11) is 0. The van der Waals surface area contributed by atoms with E-state index >= 15 is 0 Å². The second-order valence-corrected chi connectivity index (χ2v) is 4.69. The van der Waals surface area contributed by atoms with E-state index in [2.05, 4.69) is 0 Å². The van der Waals surface area contributed by atoms with E-state index in [1.807, 2.05) is 6.92 Å². The topological polar surface area (TPSA) is 49.8 Å². The van der Waals surface area contributed by atoms with Crippen molar-refractivity contribution >= 4 is 6.09 Å². The minimum absolute atomic E-state index is 0.371. The average Bonchev–Trinajstić information content (AvgIpc) is 2.35. The predicted octanol–water partition coefficient (Wildman–Crippen LogP) is 1.87. The molecule has 2 rings (SSSR count). The summed E-state index contributed by atoms with van der Waals surface area (Å²) in [5.74, 6) is 0. The summed E-state index contributed by atoms with van der Waals surface area (Å²) in [6.07, 6.45) is 4.41. The van der Waals surface area contributed by atoms with Gasteiger partial charge >= 0.3 is 6.09 Å². The van der Waals surface area contributed by atoms with E-state index in [0.717, 1.165) is 25.7 Å². The van der Waals surface area contributed by atoms with E-state index in [9.17, 15) is 9.90 Å². The van der Waals surface area contributed by atoms with Crippen molar-refractivity contribution in [3.8, 4) is 0 Å². The number of amides is 1. The van der Waals surface area contributed by atoms with Crippen LogP contribution in [0.15, 0.2) is 0 Å². The number of nitrogens with zero attached hydrogens (tertiary/aromatic N) is 1. The molecule has 1 saturated carbocycles. The number of hydrogen-bond donors (Lipinski definition) is 1. The van der Waals surface area contributed by atoms with E-state index in [1.165, 1.54) is 11.3 Å². The van der Waals surface area contributed by atoms with Gasteiger partial charge in [-0.05, 0) is 39.5 Å². The van der Waals surface area contributed by atoms with Crippen LogP contribution in [-0.4, -0.2) is 34.0 Å². The molecule has 0 aromatic carbocycles. The molecule has 1 N–H and O–H groups in total. The molecule has 4 nitrogen and oxygen atoms in total. The number of likely N-dealkylation sites (N-methyl/N-ethyl adjacent to an activating group) is 1. The van der Waals surface area contributed by atoms with Crippen molar-refractivity contribution in [2.45, 2.75) is 57.3 Å². The van der Waals surface area contributed by atoms with Crippen LogP contribution in [-0.2, 0) is 4.74 Å². The van der Waals surface area contributed by atoms with Gasteiger partial charge in [0, 0.05) is 6.54 Å². The minimum atomic E-state index is -1.14. The predicted molar refractivity (Wildman–Crippen MR) is 55.3 cm³/mol. The summed E-state index contributed by atoms with van der Waals surface area (Å²) in [5, 5.41) is 10.5. The molecular formula is C11H19NO3. The lowest BCUT2D eigenvalue weighted by atomic mass is 9.77. The molecule has 1 aliphatic heterocycles. The average molecular weight is 213 g/mol. The summed E-state index contributed by atoms with van der Waals surface area (Å²) in [6.45, 7) is 4.05. The maximum Gasteiger partial charge on any atom is 0.412 e. The van der Waals surface area contributed by atoms with Gasteiger partial charge in [-0.3, -0.25) is 4.90 Å². The Hall–Kier alpha value is -0.770. The van der Waals surface area contributed by atoms with Crippen molar-refractivity contribution in [1.82, 2.24) is 4.90 Å². The van der Waals surface area contributed by atoms with Crippen LogP contribution in [0.2, 0.25) is 0 Å². The van der Waals surface area contributed by atoms with E-state index in [1.54, 1.807) is 6.92 Å². The molecule has 2 aliphatic rings. The zero-order valence-corrected chi connectivity index (χ0v) is 9.45. The number of carbonyl (C=O) groups is 1. The van der Waals surface area contributed by atoms with E-state index in [0.29, 0.717) is 6.54 Å². The van der Waals surface area contributed by atoms with E-state index < -0.39 is 11.3 Å². The molecule has 1 atom stereocenters. The highest BCUT2D eigenvalue weighted by molar-refractivity contribution is 5.72. The Morgan fingerprint density at radius 1 is 1.40 bits per heavy atom. The molecule has 1 amide bonds. The van der Waals surface area contributed by atoms with Crippen LogP contribution in [0, 0.1) is 0 Å². The summed E-state index contributed by atoms with van der Waals surface area (Å²) >= 11 is 0. The SMILES string of the molecule is CCN1C(=O)OC2(CCCCC2)[C@@]1(C)O. The molecule has 2 fully saturated rings. The third-order valence-corrected chi connectivity index (χ3v) is 3.87. The van der Waals surface area contributed by atoms with Gasteiger partial charge < -0.3 is 9.84 Å². The molecule has 15 heavy (non-hydrogen) atoms. The lowest BCUT2D eigenvalue weighted by molar-refractivity contribution is -0.157. The summed E-state index contributed by atoms with van der Waals surface area (Å²) in [5.41, 5.74) is -1.79. The highest BCUT2D eigenvalue weighted by Gasteiger charge is 2.61. The van der Waals surface area contributed by atoms with Gasteiger partial charge in [-0.15, -0.1) is 0 Å². The fourth-order valence-electron chi connectivity index (χ4n) is 2.88. The van der Waals surface area contributed by atoms with Crippen molar-refractivity contribution in [3.05, 3.63) is 0 Å². The van der Waals surface area contributed by atoms with Gasteiger partial charge in [0.2, 0.25) is 0 Å². The summed E-state index contributed by atoms with van der Waals surface area (Å²) in [6, 6.07) is 0. The second kappa shape index (κ2) is 3.37. The molecule has 0 radical (unpaired) electrons. The number of ether oxygens (including phenoxy) is 1. The highest BCUT2D eigenvalue weighted by Crippen LogP contribution is 2.46. The quantitative estimate of drug-likeness (QED) is 0.723. The van der Waals surface area contributed by atoms with Crippen LogP contribution >= 0.6 is 0 Å². The molecule has 1 spiro atoms. The zero-order chi connectivity index (χ0) is 11.1. The first-order chi connectivity index (χ1) is 7.03. The molecule has 86 valence electrons. The Kier molecular flexibility index (Phi) is 2.41. The highest BCUT2D eigenvalue weighted by atomic mass is 16.6. The first-order valence-corrected chi connectivity index (χ1v) is 5.76. The maximum atomic E-state index is 11.6. The van der Waals surface area contributed by atoms with Gasteiger partial charge in [0.15, 0.2) is 11.3 Å². The van der Waals surface area contributed by atoms with Crippen molar-refractivity contribution in [2.24, 2.45) is 0 Å². The van der Waals surface area contributed by atoms with Gasteiger partial charge in [-0.2, -0.15) is 0 Å². The molecule has 0 aromatic rings. The van der Waals surface area contributed by atoms with Crippen LogP contribution in [0.4, 0.5) is 4.79 Å². The molecule has 4 heteroatoms. The smallest absolute Gasteiger partial charge is 0.412 e. The number of aliphatic hydroxyl groups is 1.